The van der Waals surface area contributed by atoms with Crippen LogP contribution in [0.25, 0.3) is 10.4 Å². The van der Waals surface area contributed by atoms with Gasteiger partial charge in [-0.15, -0.1) is 0 Å². The van der Waals surface area contributed by atoms with Crippen molar-refractivity contribution in [2.45, 2.75) is 12.8 Å². The first-order chi connectivity index (χ1) is 11.7. The molecule has 0 spiro atoms. The number of carbonyl (C=O) groups is 1. The Labute approximate surface area is 144 Å². The highest BCUT2D eigenvalue weighted by atomic mass is 32.1. The number of nitriles is 1. The summed E-state index contributed by atoms with van der Waals surface area (Å²) in [5.74, 6) is 0.508. The summed E-state index contributed by atoms with van der Waals surface area (Å²) in [5.41, 5.74) is 1.38. The Hall–Kier alpha value is -2.43. The van der Waals surface area contributed by atoms with Crippen LogP contribution in [0, 0.1) is 17.2 Å². The number of hydrogen-bond donors (Lipinski definition) is 1. The van der Waals surface area contributed by atoms with E-state index in [0.29, 0.717) is 29.7 Å². The SMILES string of the molecule is COc1cc(-c2cnc(NC(=O)C3CCOCC3)s2)ccc1C#N. The Morgan fingerprint density at radius 3 is 2.96 bits per heavy atom. The number of nitrogens with zero attached hydrogens (tertiary/aromatic N) is 2. The van der Waals surface area contributed by atoms with E-state index in [1.54, 1.807) is 18.3 Å². The minimum atomic E-state index is -0.0129. The van der Waals surface area contributed by atoms with Gasteiger partial charge in [0.15, 0.2) is 5.13 Å². The Kier molecular flexibility index (Phi) is 5.08. The number of anilines is 1. The summed E-state index contributed by atoms with van der Waals surface area (Å²) in [4.78, 5) is 17.4. The van der Waals surface area contributed by atoms with Crippen LogP contribution in [-0.4, -0.2) is 31.2 Å². The summed E-state index contributed by atoms with van der Waals surface area (Å²) < 4.78 is 10.5. The number of aromatic nitrogens is 1. The van der Waals surface area contributed by atoms with E-state index in [2.05, 4.69) is 16.4 Å². The largest absolute Gasteiger partial charge is 0.495 e. The van der Waals surface area contributed by atoms with Gasteiger partial charge in [0.25, 0.3) is 0 Å². The van der Waals surface area contributed by atoms with E-state index in [1.807, 2.05) is 6.07 Å². The van der Waals surface area contributed by atoms with Gasteiger partial charge in [0.1, 0.15) is 11.8 Å². The Morgan fingerprint density at radius 2 is 2.25 bits per heavy atom. The van der Waals surface area contributed by atoms with Crippen molar-refractivity contribution in [2.24, 2.45) is 5.92 Å². The molecule has 1 aliphatic heterocycles. The average molecular weight is 343 g/mol. The molecule has 3 rings (SSSR count). The maximum Gasteiger partial charge on any atom is 0.229 e. The van der Waals surface area contributed by atoms with Crippen molar-refractivity contribution in [2.75, 3.05) is 25.6 Å². The zero-order chi connectivity index (χ0) is 16.9. The molecule has 7 heteroatoms. The third-order valence-electron chi connectivity index (χ3n) is 3.93. The van der Waals surface area contributed by atoms with Crippen LogP contribution in [-0.2, 0) is 9.53 Å². The first-order valence-corrected chi connectivity index (χ1v) is 8.46. The highest BCUT2D eigenvalue weighted by molar-refractivity contribution is 7.19. The smallest absolute Gasteiger partial charge is 0.229 e. The fraction of sp³-hybridized carbons (Fsp3) is 0.353. The van der Waals surface area contributed by atoms with Crippen LogP contribution >= 0.6 is 11.3 Å². The molecule has 0 bridgehead atoms. The monoisotopic (exact) mass is 343 g/mol. The van der Waals surface area contributed by atoms with Gasteiger partial charge in [-0.1, -0.05) is 17.4 Å². The number of amides is 1. The second-order valence-electron chi connectivity index (χ2n) is 5.43. The lowest BCUT2D eigenvalue weighted by molar-refractivity contribution is -0.122. The predicted octanol–water partition coefficient (Wildman–Crippen LogP) is 3.06. The van der Waals surface area contributed by atoms with Crippen molar-refractivity contribution in [3.8, 4) is 22.3 Å². The molecule has 2 aromatic rings. The number of methoxy groups -OCH3 is 1. The van der Waals surface area contributed by atoms with E-state index in [9.17, 15) is 4.79 Å². The number of carbonyl (C=O) groups excluding carboxylic acids is 1. The Bertz CT molecular complexity index is 776. The average Bonchev–Trinajstić information content (AvgIpc) is 3.10. The van der Waals surface area contributed by atoms with Gasteiger partial charge >= 0.3 is 0 Å². The van der Waals surface area contributed by atoms with Gasteiger partial charge in [-0.25, -0.2) is 4.98 Å². The normalized spacial score (nSPS) is 14.8. The van der Waals surface area contributed by atoms with Crippen LogP contribution < -0.4 is 10.1 Å². The lowest BCUT2D eigenvalue weighted by Crippen LogP contribution is -2.28. The zero-order valence-corrected chi connectivity index (χ0v) is 14.1. The van der Waals surface area contributed by atoms with Crippen molar-refractivity contribution >= 4 is 22.4 Å². The predicted molar refractivity (Wildman–Crippen MR) is 91.0 cm³/mol. The molecule has 6 nitrogen and oxygen atoms in total. The summed E-state index contributed by atoms with van der Waals surface area (Å²) in [6, 6.07) is 7.45. The van der Waals surface area contributed by atoms with E-state index < -0.39 is 0 Å². The fourth-order valence-corrected chi connectivity index (χ4v) is 3.39. The molecule has 1 N–H and O–H groups in total. The Balaban J connectivity index is 1.73. The third kappa shape index (κ3) is 3.55. The van der Waals surface area contributed by atoms with Crippen molar-refractivity contribution in [1.29, 1.82) is 5.26 Å². The molecule has 0 radical (unpaired) electrons. The first-order valence-electron chi connectivity index (χ1n) is 7.64. The lowest BCUT2D eigenvalue weighted by Gasteiger charge is -2.20. The van der Waals surface area contributed by atoms with E-state index >= 15 is 0 Å². The molecule has 1 aromatic carbocycles. The van der Waals surface area contributed by atoms with Crippen LogP contribution in [0.5, 0.6) is 5.75 Å². The third-order valence-corrected chi connectivity index (χ3v) is 4.90. The highest BCUT2D eigenvalue weighted by Crippen LogP contribution is 2.32. The second-order valence-corrected chi connectivity index (χ2v) is 6.46. The number of benzene rings is 1. The van der Waals surface area contributed by atoms with E-state index in [0.717, 1.165) is 23.3 Å². The standard InChI is InChI=1S/C17H17N3O3S/c1-22-14-8-12(2-3-13(14)9-18)15-10-19-17(24-15)20-16(21)11-4-6-23-7-5-11/h2-3,8,10-11H,4-7H2,1H3,(H,19,20,21). The molecular weight excluding hydrogens is 326 g/mol. The van der Waals surface area contributed by atoms with E-state index in [1.165, 1.54) is 18.4 Å². The van der Waals surface area contributed by atoms with Crippen LogP contribution in [0.15, 0.2) is 24.4 Å². The molecule has 0 atom stereocenters. The number of ether oxygens (including phenoxy) is 2. The molecule has 0 aliphatic carbocycles. The summed E-state index contributed by atoms with van der Waals surface area (Å²) in [7, 11) is 1.53. The quantitative estimate of drug-likeness (QED) is 0.922. The van der Waals surface area contributed by atoms with Crippen molar-refractivity contribution < 1.29 is 14.3 Å². The van der Waals surface area contributed by atoms with Crippen LogP contribution in [0.1, 0.15) is 18.4 Å². The van der Waals surface area contributed by atoms with Crippen LogP contribution in [0.4, 0.5) is 5.13 Å². The number of hydrogen-bond acceptors (Lipinski definition) is 6. The minimum Gasteiger partial charge on any atom is -0.495 e. The van der Waals surface area contributed by atoms with Gasteiger partial charge < -0.3 is 14.8 Å². The molecule has 1 saturated heterocycles. The van der Waals surface area contributed by atoms with Gasteiger partial charge in [0.05, 0.1) is 17.6 Å². The van der Waals surface area contributed by atoms with Gasteiger partial charge in [-0.05, 0) is 30.5 Å². The van der Waals surface area contributed by atoms with Gasteiger partial charge in [0, 0.05) is 25.3 Å². The maximum absolute atomic E-state index is 12.2. The van der Waals surface area contributed by atoms with E-state index in [4.69, 9.17) is 14.7 Å². The van der Waals surface area contributed by atoms with Gasteiger partial charge in [0.2, 0.25) is 5.91 Å². The molecule has 0 saturated carbocycles. The summed E-state index contributed by atoms with van der Waals surface area (Å²) >= 11 is 1.40. The second kappa shape index (κ2) is 7.43. The number of rotatable bonds is 4. The van der Waals surface area contributed by atoms with Crippen molar-refractivity contribution in [3.63, 3.8) is 0 Å². The molecule has 1 aliphatic rings. The molecule has 1 amide bonds. The van der Waals surface area contributed by atoms with Crippen LogP contribution in [0.3, 0.4) is 0 Å². The number of thiazole rings is 1. The van der Waals surface area contributed by atoms with Gasteiger partial charge in [-0.3, -0.25) is 4.79 Å². The van der Waals surface area contributed by atoms with Gasteiger partial charge in [-0.2, -0.15) is 5.26 Å². The summed E-state index contributed by atoms with van der Waals surface area (Å²) in [6.07, 6.45) is 3.21. The maximum atomic E-state index is 12.2. The molecular formula is C17H17N3O3S. The molecule has 24 heavy (non-hydrogen) atoms. The molecule has 1 fully saturated rings. The number of nitrogens with one attached hydrogen (secondary N) is 1. The molecule has 1 aromatic heterocycles. The Morgan fingerprint density at radius 1 is 1.46 bits per heavy atom. The highest BCUT2D eigenvalue weighted by Gasteiger charge is 2.22. The summed E-state index contributed by atoms with van der Waals surface area (Å²) in [6.45, 7) is 1.26. The fourth-order valence-electron chi connectivity index (χ4n) is 2.57. The minimum absolute atomic E-state index is 0.00314. The molecule has 0 unspecified atom stereocenters. The van der Waals surface area contributed by atoms with E-state index in [-0.39, 0.29) is 11.8 Å². The zero-order valence-electron chi connectivity index (χ0n) is 13.2. The molecule has 124 valence electrons. The topological polar surface area (TPSA) is 84.2 Å². The van der Waals surface area contributed by atoms with Crippen molar-refractivity contribution in [1.82, 2.24) is 4.98 Å². The molecule has 2 heterocycles. The van der Waals surface area contributed by atoms with Crippen molar-refractivity contribution in [3.05, 3.63) is 30.0 Å². The summed E-state index contributed by atoms with van der Waals surface area (Å²) in [5, 5.41) is 12.5. The lowest BCUT2D eigenvalue weighted by atomic mass is 10.00. The first kappa shape index (κ1) is 16.4. The van der Waals surface area contributed by atoms with Crippen LogP contribution in [0.2, 0.25) is 0 Å².